The molecule has 0 radical (unpaired) electrons. The number of carbonyl (C=O) groups is 1. The van der Waals surface area contributed by atoms with Crippen LogP contribution in [0.5, 0.6) is 0 Å². The Balaban J connectivity index is -0.0000000383. The Hall–Kier alpha value is 1.16. The van der Waals surface area contributed by atoms with Gasteiger partial charge in [-0.3, -0.25) is 0 Å². The van der Waals surface area contributed by atoms with Crippen molar-refractivity contribution in [3.05, 3.63) is 0 Å². The SMILES string of the molecule is C[N+](C)(C)C.Cl.O=C(O)O.[KH]. The van der Waals surface area contributed by atoms with Crippen LogP contribution in [0.25, 0.3) is 0 Å². The Kier molecular flexibility index (Phi) is 23.1. The Bertz CT molecular complexity index is 84.2. The van der Waals surface area contributed by atoms with Gasteiger partial charge in [0.15, 0.2) is 0 Å². The second kappa shape index (κ2) is 11.2. The van der Waals surface area contributed by atoms with Gasteiger partial charge in [0.1, 0.15) is 0 Å². The van der Waals surface area contributed by atoms with E-state index in [0.29, 0.717) is 0 Å². The first-order valence-corrected chi connectivity index (χ1v) is 2.44. The van der Waals surface area contributed by atoms with Crippen LogP contribution in [0.2, 0.25) is 0 Å². The third-order valence-electron chi connectivity index (χ3n) is 0. The monoisotopic (exact) mass is 212 g/mol. The van der Waals surface area contributed by atoms with Gasteiger partial charge in [0.25, 0.3) is 0 Å². The molecule has 0 aromatic carbocycles. The van der Waals surface area contributed by atoms with Crippen molar-refractivity contribution in [2.45, 2.75) is 0 Å². The molecule has 0 bridgehead atoms. The molecule has 0 aliphatic carbocycles. The zero-order valence-electron chi connectivity index (χ0n) is 6.66. The molecule has 0 saturated heterocycles. The standard InChI is InChI=1S/C4H12N.CH2O3.ClH.K.H/c1-5(2,3)4;2-1(3)4;;;/h1-4H3;(H2,2,3,4);1H;;/q+1;;;;. The topological polar surface area (TPSA) is 57.5 Å². The molecular formula is C5H16ClKNO3+. The molecule has 0 aliphatic rings. The van der Waals surface area contributed by atoms with E-state index in [1.807, 2.05) is 0 Å². The van der Waals surface area contributed by atoms with Gasteiger partial charge >= 0.3 is 57.5 Å². The van der Waals surface area contributed by atoms with Crippen LogP contribution >= 0.6 is 12.4 Å². The third-order valence-corrected chi connectivity index (χ3v) is 0. The Morgan fingerprint density at radius 3 is 1.09 bits per heavy atom. The maximum absolute atomic E-state index is 8.56. The number of hydrogen-bond donors (Lipinski definition) is 2. The quantitative estimate of drug-likeness (QED) is 0.449. The summed E-state index contributed by atoms with van der Waals surface area (Å²) < 4.78 is 1.00. The molecular weight excluding hydrogens is 197 g/mol. The normalized spacial score (nSPS) is 7.64. The van der Waals surface area contributed by atoms with E-state index in [0.717, 1.165) is 4.48 Å². The van der Waals surface area contributed by atoms with E-state index in [1.54, 1.807) is 0 Å². The first-order valence-electron chi connectivity index (χ1n) is 2.44. The zero-order chi connectivity index (χ0) is 8.08. The van der Waals surface area contributed by atoms with Gasteiger partial charge in [0.2, 0.25) is 0 Å². The van der Waals surface area contributed by atoms with Crippen LogP contribution in [-0.4, -0.2) is 100 Å². The average Bonchev–Trinajstić information content (AvgIpc) is 1.19. The van der Waals surface area contributed by atoms with Gasteiger partial charge in [0, 0.05) is 0 Å². The average molecular weight is 213 g/mol. The van der Waals surface area contributed by atoms with E-state index in [4.69, 9.17) is 15.0 Å². The molecule has 0 aromatic heterocycles. The van der Waals surface area contributed by atoms with Crippen molar-refractivity contribution in [2.24, 2.45) is 0 Å². The molecule has 0 fully saturated rings. The summed E-state index contributed by atoms with van der Waals surface area (Å²) in [6, 6.07) is 0. The van der Waals surface area contributed by atoms with Gasteiger partial charge in [-0.25, -0.2) is 4.79 Å². The second-order valence-electron chi connectivity index (χ2n) is 2.97. The van der Waals surface area contributed by atoms with E-state index in [9.17, 15) is 0 Å². The number of rotatable bonds is 0. The molecule has 0 saturated carbocycles. The van der Waals surface area contributed by atoms with E-state index in [2.05, 4.69) is 28.2 Å². The predicted molar refractivity (Wildman–Crippen MR) is 49.0 cm³/mol. The van der Waals surface area contributed by atoms with E-state index in [-0.39, 0.29) is 63.8 Å². The zero-order valence-corrected chi connectivity index (χ0v) is 7.47. The van der Waals surface area contributed by atoms with Crippen molar-refractivity contribution in [3.8, 4) is 0 Å². The minimum atomic E-state index is -1.83. The molecule has 0 heterocycles. The predicted octanol–water partition coefficient (Wildman–Crippen LogP) is 0.318. The van der Waals surface area contributed by atoms with Gasteiger partial charge in [-0.05, 0) is 0 Å². The number of quaternary nitrogens is 1. The summed E-state index contributed by atoms with van der Waals surface area (Å²) in [6.45, 7) is 0. The van der Waals surface area contributed by atoms with Gasteiger partial charge in [-0.15, -0.1) is 12.4 Å². The van der Waals surface area contributed by atoms with Crippen LogP contribution < -0.4 is 0 Å². The first-order chi connectivity index (χ1) is 3.73. The van der Waals surface area contributed by atoms with Crippen molar-refractivity contribution < 1.29 is 19.5 Å². The van der Waals surface area contributed by atoms with Crippen LogP contribution in [0.1, 0.15) is 0 Å². The van der Waals surface area contributed by atoms with Crippen LogP contribution in [0.15, 0.2) is 0 Å². The van der Waals surface area contributed by atoms with Gasteiger partial charge in [-0.1, -0.05) is 0 Å². The molecule has 0 amide bonds. The van der Waals surface area contributed by atoms with Gasteiger partial charge in [0.05, 0.1) is 28.2 Å². The summed E-state index contributed by atoms with van der Waals surface area (Å²) in [4.78, 5) is 8.56. The van der Waals surface area contributed by atoms with E-state index < -0.39 is 6.16 Å². The van der Waals surface area contributed by atoms with Crippen LogP contribution in [-0.2, 0) is 0 Å². The number of hydrogen-bond acceptors (Lipinski definition) is 1. The molecule has 0 rings (SSSR count). The van der Waals surface area contributed by atoms with E-state index >= 15 is 0 Å². The summed E-state index contributed by atoms with van der Waals surface area (Å²) in [5.41, 5.74) is 0. The molecule has 0 aromatic rings. The van der Waals surface area contributed by atoms with Crippen molar-refractivity contribution in [3.63, 3.8) is 0 Å². The first kappa shape index (κ1) is 22.7. The summed E-state index contributed by atoms with van der Waals surface area (Å²) in [5.74, 6) is 0. The fourth-order valence-corrected chi connectivity index (χ4v) is 0. The number of carboxylic acid groups (broad SMARTS) is 2. The number of halogens is 1. The Morgan fingerprint density at radius 1 is 1.09 bits per heavy atom. The summed E-state index contributed by atoms with van der Waals surface area (Å²) in [5, 5.41) is 13.9. The van der Waals surface area contributed by atoms with Gasteiger partial charge in [-0.2, -0.15) is 0 Å². The molecule has 0 atom stereocenters. The molecule has 0 spiro atoms. The van der Waals surface area contributed by atoms with Crippen molar-refractivity contribution in [1.29, 1.82) is 0 Å². The molecule has 2 N–H and O–H groups in total. The van der Waals surface area contributed by atoms with Crippen molar-refractivity contribution in [2.75, 3.05) is 28.2 Å². The second-order valence-corrected chi connectivity index (χ2v) is 2.97. The van der Waals surface area contributed by atoms with Crippen LogP contribution in [0, 0.1) is 0 Å². The number of nitrogens with zero attached hydrogens (tertiary/aromatic N) is 1. The minimum absolute atomic E-state index is 0. The van der Waals surface area contributed by atoms with Crippen LogP contribution in [0.3, 0.4) is 0 Å². The third kappa shape index (κ3) is 699. The van der Waals surface area contributed by atoms with Crippen molar-refractivity contribution >= 4 is 69.9 Å². The molecule has 0 unspecified atom stereocenters. The van der Waals surface area contributed by atoms with Crippen LogP contribution in [0.4, 0.5) is 4.79 Å². The molecule has 66 valence electrons. The summed E-state index contributed by atoms with van der Waals surface area (Å²) in [6.07, 6.45) is -1.83. The summed E-state index contributed by atoms with van der Waals surface area (Å²) >= 11 is 0. The maximum atomic E-state index is 8.56. The fourth-order valence-electron chi connectivity index (χ4n) is 0. The summed E-state index contributed by atoms with van der Waals surface area (Å²) in [7, 11) is 8.50. The molecule has 11 heavy (non-hydrogen) atoms. The molecule has 0 aliphatic heterocycles. The Morgan fingerprint density at radius 2 is 1.09 bits per heavy atom. The molecule has 4 nitrogen and oxygen atoms in total. The van der Waals surface area contributed by atoms with E-state index in [1.165, 1.54) is 0 Å². The van der Waals surface area contributed by atoms with Gasteiger partial charge < -0.3 is 14.7 Å². The Labute approximate surface area is 116 Å². The fraction of sp³-hybridized carbons (Fsp3) is 0.800. The van der Waals surface area contributed by atoms with Crippen molar-refractivity contribution in [1.82, 2.24) is 0 Å². The molecule has 6 heteroatoms.